The van der Waals surface area contributed by atoms with Gasteiger partial charge in [-0.3, -0.25) is 0 Å². The normalized spacial score (nSPS) is 22.5. The lowest BCUT2D eigenvalue weighted by atomic mass is 9.96. The minimum absolute atomic E-state index is 1.08. The van der Waals surface area contributed by atoms with Gasteiger partial charge in [0.1, 0.15) is 0 Å². The first kappa shape index (κ1) is 11.3. The molecule has 0 saturated carbocycles. The Balaban J connectivity index is 2.13. The molecule has 0 bridgehead atoms. The Labute approximate surface area is 97.9 Å². The van der Waals surface area contributed by atoms with Crippen molar-refractivity contribution in [3.63, 3.8) is 0 Å². The van der Waals surface area contributed by atoms with E-state index in [2.05, 4.69) is 28.4 Å². The van der Waals surface area contributed by atoms with Crippen molar-refractivity contribution in [3.05, 3.63) is 23.8 Å². The number of hydrogen-bond donors (Lipinski definition) is 0. The predicted octanol–water partition coefficient (Wildman–Crippen LogP) is 4.04. The van der Waals surface area contributed by atoms with E-state index in [1.54, 1.807) is 0 Å². The molecule has 2 rings (SSSR count). The van der Waals surface area contributed by atoms with Crippen LogP contribution in [0.15, 0.2) is 34.0 Å². The fraction of sp³-hybridized carbons (Fsp3) is 0.571. The number of allylic oxidation sites excluding steroid dienone is 4. The first-order valence-corrected chi connectivity index (χ1v) is 6.41. The third-order valence-electron chi connectivity index (χ3n) is 3.13. The third-order valence-corrected chi connectivity index (χ3v) is 3.13. The molecule has 0 saturated heterocycles. The minimum atomic E-state index is 1.08. The van der Waals surface area contributed by atoms with Gasteiger partial charge in [-0.25, -0.2) is 0 Å². The van der Waals surface area contributed by atoms with Crippen LogP contribution >= 0.6 is 0 Å². The van der Waals surface area contributed by atoms with Crippen LogP contribution in [-0.2, 0) is 0 Å². The molecule has 0 spiro atoms. The van der Waals surface area contributed by atoms with Crippen molar-refractivity contribution in [1.82, 2.24) is 0 Å². The minimum Gasteiger partial charge on any atom is -0.163 e. The van der Waals surface area contributed by atoms with Crippen LogP contribution in [0.1, 0.15) is 51.4 Å². The molecule has 0 fully saturated rings. The van der Waals surface area contributed by atoms with Gasteiger partial charge in [0.25, 0.3) is 0 Å². The van der Waals surface area contributed by atoms with Gasteiger partial charge in [-0.05, 0) is 56.9 Å². The highest BCUT2D eigenvalue weighted by Crippen LogP contribution is 2.18. The van der Waals surface area contributed by atoms with Crippen LogP contribution in [0.4, 0.5) is 0 Å². The van der Waals surface area contributed by atoms with Crippen molar-refractivity contribution in [3.8, 4) is 0 Å². The summed E-state index contributed by atoms with van der Waals surface area (Å²) in [6, 6.07) is 0. The van der Waals surface area contributed by atoms with Gasteiger partial charge in [-0.2, -0.15) is 10.2 Å². The Kier molecular flexibility index (Phi) is 4.53. The zero-order valence-corrected chi connectivity index (χ0v) is 9.86. The zero-order chi connectivity index (χ0) is 11.1. The molecular weight excluding hydrogens is 196 g/mol. The summed E-state index contributed by atoms with van der Waals surface area (Å²) in [5.74, 6) is 0. The molecule has 1 aliphatic carbocycles. The second-order valence-electron chi connectivity index (χ2n) is 4.46. The van der Waals surface area contributed by atoms with E-state index in [1.807, 2.05) is 6.21 Å². The summed E-state index contributed by atoms with van der Waals surface area (Å²) >= 11 is 0. The lowest BCUT2D eigenvalue weighted by molar-refractivity contribution is 0.740. The van der Waals surface area contributed by atoms with E-state index in [1.165, 1.54) is 49.8 Å². The van der Waals surface area contributed by atoms with Gasteiger partial charge in [-0.15, -0.1) is 0 Å². The molecule has 0 atom stereocenters. The standard InChI is InChI=1S/C14H20N2/c1-2-5-9-13(10-6-3-1)14-11-7-4-8-12-15-16-14/h2,5,9,12H,1,3-4,6-8,10-11H2. The summed E-state index contributed by atoms with van der Waals surface area (Å²) in [4.78, 5) is 0. The molecule has 1 aliphatic heterocycles. The second-order valence-corrected chi connectivity index (χ2v) is 4.46. The van der Waals surface area contributed by atoms with Gasteiger partial charge in [-0.1, -0.05) is 18.2 Å². The Morgan fingerprint density at radius 1 is 0.938 bits per heavy atom. The van der Waals surface area contributed by atoms with Crippen molar-refractivity contribution in [1.29, 1.82) is 0 Å². The lowest BCUT2D eigenvalue weighted by Crippen LogP contribution is -2.05. The molecule has 16 heavy (non-hydrogen) atoms. The fourth-order valence-electron chi connectivity index (χ4n) is 2.15. The van der Waals surface area contributed by atoms with E-state index < -0.39 is 0 Å². The highest BCUT2D eigenvalue weighted by molar-refractivity contribution is 6.00. The van der Waals surface area contributed by atoms with Crippen LogP contribution < -0.4 is 0 Å². The maximum absolute atomic E-state index is 4.36. The molecule has 2 nitrogen and oxygen atoms in total. The molecule has 1 heterocycles. The zero-order valence-electron chi connectivity index (χ0n) is 9.86. The van der Waals surface area contributed by atoms with E-state index in [-0.39, 0.29) is 0 Å². The monoisotopic (exact) mass is 216 g/mol. The van der Waals surface area contributed by atoms with Gasteiger partial charge < -0.3 is 0 Å². The first-order chi connectivity index (χ1) is 7.97. The molecule has 0 aromatic carbocycles. The maximum Gasteiger partial charge on any atom is 0.0662 e. The molecule has 86 valence electrons. The van der Waals surface area contributed by atoms with Crippen molar-refractivity contribution >= 4 is 11.9 Å². The summed E-state index contributed by atoms with van der Waals surface area (Å²) < 4.78 is 0. The average Bonchev–Trinajstić information content (AvgIpc) is 2.18. The molecule has 0 aromatic rings. The molecule has 0 radical (unpaired) electrons. The summed E-state index contributed by atoms with van der Waals surface area (Å²) in [6.07, 6.45) is 18.2. The maximum atomic E-state index is 4.36. The van der Waals surface area contributed by atoms with E-state index >= 15 is 0 Å². The molecule has 2 aliphatic rings. The summed E-state index contributed by atoms with van der Waals surface area (Å²) in [7, 11) is 0. The smallest absolute Gasteiger partial charge is 0.0662 e. The molecule has 0 aromatic heterocycles. The molecule has 0 N–H and O–H groups in total. The number of nitrogens with zero attached hydrogens (tertiary/aromatic N) is 2. The Hall–Kier alpha value is -1.18. The van der Waals surface area contributed by atoms with Gasteiger partial charge in [0, 0.05) is 6.21 Å². The topological polar surface area (TPSA) is 24.7 Å². The van der Waals surface area contributed by atoms with Crippen molar-refractivity contribution < 1.29 is 0 Å². The molecule has 2 heteroatoms. The average molecular weight is 216 g/mol. The van der Waals surface area contributed by atoms with Crippen LogP contribution in [0.25, 0.3) is 0 Å². The highest BCUT2D eigenvalue weighted by atomic mass is 15.2. The van der Waals surface area contributed by atoms with Crippen LogP contribution in [0.3, 0.4) is 0 Å². The molecule has 0 unspecified atom stereocenters. The van der Waals surface area contributed by atoms with Gasteiger partial charge >= 0.3 is 0 Å². The summed E-state index contributed by atoms with van der Waals surface area (Å²) in [5.41, 5.74) is 2.61. The van der Waals surface area contributed by atoms with Gasteiger partial charge in [0.05, 0.1) is 5.71 Å². The van der Waals surface area contributed by atoms with E-state index in [4.69, 9.17) is 0 Å². The third kappa shape index (κ3) is 3.44. The number of hydrogen-bond acceptors (Lipinski definition) is 2. The largest absolute Gasteiger partial charge is 0.163 e. The van der Waals surface area contributed by atoms with E-state index in [0.717, 1.165) is 12.8 Å². The van der Waals surface area contributed by atoms with Crippen molar-refractivity contribution in [2.45, 2.75) is 51.4 Å². The van der Waals surface area contributed by atoms with Crippen LogP contribution in [-0.4, -0.2) is 11.9 Å². The Morgan fingerprint density at radius 2 is 1.81 bits per heavy atom. The fourth-order valence-corrected chi connectivity index (χ4v) is 2.15. The molecular formula is C14H20N2. The highest BCUT2D eigenvalue weighted by Gasteiger charge is 2.08. The van der Waals surface area contributed by atoms with Crippen molar-refractivity contribution in [2.75, 3.05) is 0 Å². The van der Waals surface area contributed by atoms with E-state index in [9.17, 15) is 0 Å². The SMILES string of the molecule is C1=CCCCCC(C2=NN=CCCCC2)=C1. The Morgan fingerprint density at radius 3 is 2.81 bits per heavy atom. The van der Waals surface area contributed by atoms with Crippen LogP contribution in [0, 0.1) is 0 Å². The van der Waals surface area contributed by atoms with Gasteiger partial charge in [0.2, 0.25) is 0 Å². The Bertz CT molecular complexity index is 301. The quantitative estimate of drug-likeness (QED) is 0.632. The molecule has 0 amide bonds. The predicted molar refractivity (Wildman–Crippen MR) is 70.1 cm³/mol. The van der Waals surface area contributed by atoms with Crippen LogP contribution in [0.5, 0.6) is 0 Å². The summed E-state index contributed by atoms with van der Waals surface area (Å²) in [5, 5.41) is 8.50. The summed E-state index contributed by atoms with van der Waals surface area (Å²) in [6.45, 7) is 0. The lowest BCUT2D eigenvalue weighted by Gasteiger charge is -2.12. The van der Waals surface area contributed by atoms with Crippen LogP contribution in [0.2, 0.25) is 0 Å². The number of rotatable bonds is 1. The van der Waals surface area contributed by atoms with Crippen molar-refractivity contribution in [2.24, 2.45) is 10.2 Å². The first-order valence-electron chi connectivity index (χ1n) is 6.41. The second kappa shape index (κ2) is 6.41. The van der Waals surface area contributed by atoms with Gasteiger partial charge in [0.15, 0.2) is 0 Å². The van der Waals surface area contributed by atoms with E-state index in [0.29, 0.717) is 0 Å².